The third-order valence-corrected chi connectivity index (χ3v) is 5.97. The van der Waals surface area contributed by atoms with Crippen LogP contribution in [0, 0.1) is 0 Å². The van der Waals surface area contributed by atoms with Gasteiger partial charge in [-0.3, -0.25) is 0 Å². The van der Waals surface area contributed by atoms with Crippen molar-refractivity contribution in [3.63, 3.8) is 0 Å². The Bertz CT molecular complexity index is 133. The van der Waals surface area contributed by atoms with Crippen molar-refractivity contribution in [1.29, 1.82) is 0 Å². The maximum absolute atomic E-state index is 9.27. The Hall–Kier alpha value is 0.0569. The van der Waals surface area contributed by atoms with Crippen LogP contribution < -0.4 is 0 Å². The molecule has 0 aromatic carbocycles. The molecule has 13 heavy (non-hydrogen) atoms. The Morgan fingerprint density at radius 2 is 2.00 bits per heavy atom. The molecule has 3 N–H and O–H groups in total. The molecule has 5 heteroatoms. The molecule has 0 aromatic heterocycles. The zero-order valence-corrected chi connectivity index (χ0v) is 9.36. The van der Waals surface area contributed by atoms with Gasteiger partial charge in [0, 0.05) is 13.7 Å². The molecule has 80 valence electrons. The highest BCUT2D eigenvalue weighted by atomic mass is 28.4. The van der Waals surface area contributed by atoms with Crippen LogP contribution in [0.3, 0.4) is 0 Å². The lowest BCUT2D eigenvalue weighted by molar-refractivity contribution is 0.105. The van der Waals surface area contributed by atoms with E-state index in [1.165, 1.54) is 0 Å². The van der Waals surface area contributed by atoms with Crippen LogP contribution in [0.25, 0.3) is 0 Å². The molecule has 0 aromatic rings. The minimum atomic E-state index is -1.90. The molecule has 0 saturated heterocycles. The van der Waals surface area contributed by atoms with Crippen LogP contribution in [-0.2, 0) is 4.43 Å². The number of hydrogen-bond acceptors (Lipinski definition) is 4. The Labute approximate surface area is 80.3 Å². The average molecular weight is 208 g/mol. The lowest BCUT2D eigenvalue weighted by Crippen LogP contribution is -2.38. The Morgan fingerprint density at radius 1 is 1.38 bits per heavy atom. The van der Waals surface area contributed by atoms with E-state index in [4.69, 9.17) is 14.6 Å². The molecule has 0 aliphatic heterocycles. The molecule has 0 aliphatic rings. The Morgan fingerprint density at radius 3 is 2.38 bits per heavy atom. The van der Waals surface area contributed by atoms with Gasteiger partial charge in [-0.15, -0.1) is 0 Å². The van der Waals surface area contributed by atoms with E-state index in [2.05, 4.69) is 0 Å². The normalized spacial score (nSPS) is 18.2. The van der Waals surface area contributed by atoms with Crippen LogP contribution in [0.2, 0.25) is 18.6 Å². The molecule has 0 aliphatic carbocycles. The van der Waals surface area contributed by atoms with Crippen LogP contribution in [0.15, 0.2) is 0 Å². The summed E-state index contributed by atoms with van der Waals surface area (Å²) >= 11 is 0. The van der Waals surface area contributed by atoms with Gasteiger partial charge in [0.05, 0.1) is 12.7 Å². The van der Waals surface area contributed by atoms with Gasteiger partial charge in [0.1, 0.15) is 0 Å². The third kappa shape index (κ3) is 5.38. The molecule has 0 radical (unpaired) electrons. The number of rotatable bonds is 7. The smallest absolute Gasteiger partial charge is 0.191 e. The van der Waals surface area contributed by atoms with Gasteiger partial charge in [0.2, 0.25) is 0 Å². The zero-order valence-electron chi connectivity index (χ0n) is 8.36. The van der Waals surface area contributed by atoms with Crippen molar-refractivity contribution in [2.24, 2.45) is 0 Å². The van der Waals surface area contributed by atoms with E-state index in [1.807, 2.05) is 6.55 Å². The van der Waals surface area contributed by atoms with E-state index in [9.17, 15) is 5.11 Å². The van der Waals surface area contributed by atoms with Gasteiger partial charge in [-0.2, -0.15) is 0 Å². The van der Waals surface area contributed by atoms with Gasteiger partial charge in [0.25, 0.3) is 0 Å². The fourth-order valence-electron chi connectivity index (χ4n) is 1.30. The maximum atomic E-state index is 9.27. The summed E-state index contributed by atoms with van der Waals surface area (Å²) < 4.78 is 5.37. The quantitative estimate of drug-likeness (QED) is 0.513. The largest absolute Gasteiger partial charge is 0.420 e. The molecular formula is C8H20O4Si. The number of aliphatic hydroxyl groups is 3. The summed E-state index contributed by atoms with van der Waals surface area (Å²) in [7, 11) is -0.266. The first-order chi connectivity index (χ1) is 6.08. The molecule has 0 heterocycles. The monoisotopic (exact) mass is 208 g/mol. The molecule has 0 saturated carbocycles. The maximum Gasteiger partial charge on any atom is 0.191 e. The number of hydrogen-bond donors (Lipinski definition) is 3. The van der Waals surface area contributed by atoms with Crippen LogP contribution in [0.1, 0.15) is 6.42 Å². The lowest BCUT2D eigenvalue weighted by Gasteiger charge is -2.26. The summed E-state index contributed by atoms with van der Waals surface area (Å²) in [5, 5.41) is 26.6. The second-order valence-corrected chi connectivity index (χ2v) is 7.74. The van der Waals surface area contributed by atoms with Crippen molar-refractivity contribution in [3.8, 4) is 0 Å². The van der Waals surface area contributed by atoms with E-state index >= 15 is 0 Å². The second kappa shape index (κ2) is 6.50. The predicted molar refractivity (Wildman–Crippen MR) is 53.0 cm³/mol. The van der Waals surface area contributed by atoms with Crippen LogP contribution in [0.4, 0.5) is 0 Å². The van der Waals surface area contributed by atoms with Crippen LogP contribution in [-0.4, -0.2) is 50.1 Å². The Balaban J connectivity index is 3.94. The van der Waals surface area contributed by atoms with Gasteiger partial charge in [-0.1, -0.05) is 0 Å². The van der Waals surface area contributed by atoms with Gasteiger partial charge in [-0.05, 0) is 25.1 Å². The van der Waals surface area contributed by atoms with Crippen molar-refractivity contribution in [1.82, 2.24) is 0 Å². The summed E-state index contributed by atoms with van der Waals surface area (Å²) in [5.41, 5.74) is 0. The van der Waals surface area contributed by atoms with Gasteiger partial charge < -0.3 is 19.7 Å². The fraction of sp³-hybridized carbons (Fsp3) is 1.00. The second-order valence-electron chi connectivity index (χ2n) is 3.52. The first-order valence-electron chi connectivity index (χ1n) is 4.53. The highest BCUT2D eigenvalue weighted by Crippen LogP contribution is 2.20. The van der Waals surface area contributed by atoms with Gasteiger partial charge in [0.15, 0.2) is 8.32 Å². The van der Waals surface area contributed by atoms with Crippen molar-refractivity contribution >= 4 is 8.32 Å². The van der Waals surface area contributed by atoms with E-state index < -0.39 is 14.4 Å². The van der Waals surface area contributed by atoms with Crippen molar-refractivity contribution in [3.05, 3.63) is 0 Å². The molecule has 0 amide bonds. The minimum Gasteiger partial charge on any atom is -0.420 e. The molecule has 0 rings (SSSR count). The first kappa shape index (κ1) is 13.1. The lowest BCUT2D eigenvalue weighted by atomic mass is 10.4. The third-order valence-electron chi connectivity index (χ3n) is 2.23. The first-order valence-corrected chi connectivity index (χ1v) is 7.35. The van der Waals surface area contributed by atoms with E-state index in [1.54, 1.807) is 7.11 Å². The standard InChI is InChI=1S/C8H20O4Si/c1-12-13(2,5-3-4-9)7-8(11)6-10/h8-11H,3-7H2,1-2H3. The molecule has 0 spiro atoms. The highest BCUT2D eigenvalue weighted by molar-refractivity contribution is 6.72. The molecule has 2 atom stereocenters. The van der Waals surface area contributed by atoms with E-state index in [0.717, 1.165) is 6.04 Å². The van der Waals surface area contributed by atoms with Crippen LogP contribution >= 0.6 is 0 Å². The molecule has 2 unspecified atom stereocenters. The summed E-state index contributed by atoms with van der Waals surface area (Å²) in [6, 6.07) is 1.34. The highest BCUT2D eigenvalue weighted by Gasteiger charge is 2.29. The van der Waals surface area contributed by atoms with Crippen molar-refractivity contribution in [2.75, 3.05) is 20.3 Å². The number of aliphatic hydroxyl groups excluding tert-OH is 3. The van der Waals surface area contributed by atoms with Crippen LogP contribution in [0.5, 0.6) is 0 Å². The van der Waals surface area contributed by atoms with Gasteiger partial charge in [-0.25, -0.2) is 0 Å². The van der Waals surface area contributed by atoms with Gasteiger partial charge >= 0.3 is 0 Å². The zero-order chi connectivity index (χ0) is 10.3. The molecular weight excluding hydrogens is 188 g/mol. The molecule has 4 nitrogen and oxygen atoms in total. The fourth-order valence-corrected chi connectivity index (χ4v) is 3.91. The minimum absolute atomic E-state index is 0.154. The van der Waals surface area contributed by atoms with Crippen molar-refractivity contribution < 1.29 is 19.7 Å². The SMILES string of the molecule is CO[Si](C)(CCCO)CC(O)CO. The molecule has 0 bridgehead atoms. The Kier molecular flexibility index (Phi) is 6.53. The van der Waals surface area contributed by atoms with Crippen molar-refractivity contribution in [2.45, 2.75) is 31.2 Å². The van der Waals surface area contributed by atoms with E-state index in [-0.39, 0.29) is 13.2 Å². The topological polar surface area (TPSA) is 69.9 Å². The average Bonchev–Trinajstić information content (AvgIpc) is 2.14. The summed E-state index contributed by atoms with van der Waals surface area (Å²) in [6.45, 7) is 1.94. The summed E-state index contributed by atoms with van der Waals surface area (Å²) in [5.74, 6) is 0. The summed E-state index contributed by atoms with van der Waals surface area (Å²) in [4.78, 5) is 0. The summed E-state index contributed by atoms with van der Waals surface area (Å²) in [6.07, 6.45) is 0.0182. The van der Waals surface area contributed by atoms with E-state index in [0.29, 0.717) is 12.5 Å². The predicted octanol–water partition coefficient (Wildman–Crippen LogP) is -0.0563. The molecule has 0 fully saturated rings.